The van der Waals surface area contributed by atoms with E-state index in [1.54, 1.807) is 0 Å². The van der Waals surface area contributed by atoms with Crippen LogP contribution in [0.1, 0.15) is 64.0 Å². The number of carbonyl (C=O) groups excluding carboxylic acids is 1. The maximum absolute atomic E-state index is 13.4. The summed E-state index contributed by atoms with van der Waals surface area (Å²) in [6, 6.07) is 13.9. The Kier molecular flexibility index (Phi) is 9.00. The van der Waals surface area contributed by atoms with E-state index in [-0.39, 0.29) is 16.9 Å². The second-order valence-electron chi connectivity index (χ2n) is 12.2. The molecule has 1 saturated carbocycles. The first-order valence-corrected chi connectivity index (χ1v) is 17.2. The number of benzene rings is 2. The van der Waals surface area contributed by atoms with Crippen LogP contribution in [-0.4, -0.2) is 37.8 Å². The lowest BCUT2D eigenvalue weighted by Crippen LogP contribution is -2.47. The van der Waals surface area contributed by atoms with E-state index in [1.807, 2.05) is 42.5 Å². The molecule has 2 aliphatic rings. The molecule has 0 N–H and O–H groups in total. The van der Waals surface area contributed by atoms with Gasteiger partial charge in [-0.2, -0.15) is 0 Å². The molecular weight excluding hydrogens is 521 g/mol. The summed E-state index contributed by atoms with van der Waals surface area (Å²) in [5.41, 5.74) is 1.91. The van der Waals surface area contributed by atoms with Gasteiger partial charge in [-0.05, 0) is 79.9 Å². The number of halogens is 2. The number of amides is 1. The highest BCUT2D eigenvalue weighted by Gasteiger charge is 2.42. The van der Waals surface area contributed by atoms with E-state index in [9.17, 15) is 4.79 Å². The summed E-state index contributed by atoms with van der Waals surface area (Å²) in [5.74, 6) is 0.802. The van der Waals surface area contributed by atoms with Gasteiger partial charge in [-0.3, -0.25) is 4.79 Å². The molecule has 0 spiro atoms. The quantitative estimate of drug-likeness (QED) is 0.304. The smallest absolute Gasteiger partial charge is 0.226 e. The third-order valence-corrected chi connectivity index (χ3v) is 13.7. The van der Waals surface area contributed by atoms with Crippen molar-refractivity contribution in [3.63, 3.8) is 0 Å². The van der Waals surface area contributed by atoms with E-state index in [2.05, 4.69) is 38.8 Å². The van der Waals surface area contributed by atoms with Gasteiger partial charge in [0.25, 0.3) is 0 Å². The van der Waals surface area contributed by atoms with Crippen LogP contribution in [0.15, 0.2) is 42.5 Å². The van der Waals surface area contributed by atoms with Gasteiger partial charge in [0.1, 0.15) is 12.4 Å². The predicted octanol–water partition coefficient (Wildman–Crippen LogP) is 8.30. The second kappa shape index (κ2) is 11.7. The zero-order chi connectivity index (χ0) is 26.8. The Balaban J connectivity index is 1.31. The summed E-state index contributed by atoms with van der Waals surface area (Å²) in [5, 5.41) is 1.34. The van der Waals surface area contributed by atoms with Crippen LogP contribution in [0.2, 0.25) is 28.2 Å². The number of hydrogen-bond acceptors (Lipinski definition) is 3. The van der Waals surface area contributed by atoms with Crippen LogP contribution in [0.3, 0.4) is 0 Å². The Labute approximate surface area is 233 Å². The van der Waals surface area contributed by atoms with Gasteiger partial charge >= 0.3 is 0 Å². The molecule has 0 bridgehead atoms. The van der Waals surface area contributed by atoms with Gasteiger partial charge in [0.05, 0.1) is 0 Å². The maximum Gasteiger partial charge on any atom is 0.226 e. The van der Waals surface area contributed by atoms with Crippen LogP contribution in [0.4, 0.5) is 0 Å². The molecule has 1 amide bonds. The Hall–Kier alpha value is -1.53. The van der Waals surface area contributed by atoms with Gasteiger partial charge in [-0.25, -0.2) is 0 Å². The van der Waals surface area contributed by atoms with E-state index in [0.717, 1.165) is 49.8 Å². The number of hydrogen-bond donors (Lipinski definition) is 0. The largest absolute Gasteiger partial charge is 0.489 e. The summed E-state index contributed by atoms with van der Waals surface area (Å²) in [7, 11) is -1.77. The van der Waals surface area contributed by atoms with Gasteiger partial charge in [0.15, 0.2) is 8.32 Å². The molecule has 0 unspecified atom stereocenters. The first kappa shape index (κ1) is 28.5. The molecule has 2 aromatic rings. The second-order valence-corrected chi connectivity index (χ2v) is 17.7. The Morgan fingerprint density at radius 3 is 2.19 bits per heavy atom. The summed E-state index contributed by atoms with van der Waals surface area (Å²) < 4.78 is 12.6. The standard InChI is InChI=1S/C30H41Cl2NO3Si/c1-30(2,3)37(4,5)36-24-13-11-23(12-14-24)33-16-15-22(29(33)34)17-26-27(31)18-25(19-28(26)32)35-20-21-9-7-6-8-10-21/h6-10,18-19,22-24H,11-17,20H2,1-5H3/t22-,23-,24-/m0/s1. The molecule has 4 nitrogen and oxygen atoms in total. The van der Waals surface area contributed by atoms with Crippen molar-refractivity contribution in [3.05, 3.63) is 63.6 Å². The van der Waals surface area contributed by atoms with Crippen LogP contribution in [0.5, 0.6) is 5.75 Å². The summed E-state index contributed by atoms with van der Waals surface area (Å²) in [6.07, 6.45) is 5.85. The molecule has 2 aromatic carbocycles. The van der Waals surface area contributed by atoms with Crippen molar-refractivity contribution < 1.29 is 14.0 Å². The highest BCUT2D eigenvalue weighted by Crippen LogP contribution is 2.40. The molecular formula is C30H41Cl2NO3Si. The Bertz CT molecular complexity index is 1050. The van der Waals surface area contributed by atoms with Crippen LogP contribution >= 0.6 is 23.2 Å². The fourth-order valence-electron chi connectivity index (χ4n) is 5.23. The van der Waals surface area contributed by atoms with Gasteiger partial charge in [-0.15, -0.1) is 0 Å². The van der Waals surface area contributed by atoms with Crippen molar-refractivity contribution in [2.24, 2.45) is 5.92 Å². The SMILES string of the molecule is CC(C)(C)[Si](C)(C)O[C@H]1CC[C@H](N2CC[C@@H](Cc3c(Cl)cc(OCc4ccccc4)cc3Cl)C2=O)CC1. The highest BCUT2D eigenvalue weighted by atomic mass is 35.5. The molecule has 7 heteroatoms. The van der Waals surface area contributed by atoms with Crippen molar-refractivity contribution in [1.82, 2.24) is 4.90 Å². The maximum atomic E-state index is 13.4. The lowest BCUT2D eigenvalue weighted by Gasteiger charge is -2.42. The van der Waals surface area contributed by atoms with Crippen molar-refractivity contribution in [1.29, 1.82) is 0 Å². The number of rotatable bonds is 8. The lowest BCUT2D eigenvalue weighted by atomic mass is 9.92. The highest BCUT2D eigenvalue weighted by molar-refractivity contribution is 6.74. The number of ether oxygens (including phenoxy) is 1. The van der Waals surface area contributed by atoms with E-state index < -0.39 is 8.32 Å². The molecule has 4 rings (SSSR count). The number of nitrogens with zero attached hydrogens (tertiary/aromatic N) is 1. The molecule has 0 radical (unpaired) electrons. The van der Waals surface area contributed by atoms with E-state index in [4.69, 9.17) is 32.4 Å². The van der Waals surface area contributed by atoms with Gasteiger partial charge in [-0.1, -0.05) is 74.3 Å². The monoisotopic (exact) mass is 561 g/mol. The van der Waals surface area contributed by atoms with Gasteiger partial charge < -0.3 is 14.1 Å². The minimum absolute atomic E-state index is 0.0766. The van der Waals surface area contributed by atoms with Crippen LogP contribution < -0.4 is 4.74 Å². The summed E-state index contributed by atoms with van der Waals surface area (Å²) in [6.45, 7) is 12.8. The normalized spacial score (nSPS) is 22.9. The molecule has 1 atom stereocenters. The zero-order valence-electron chi connectivity index (χ0n) is 22.9. The number of likely N-dealkylation sites (tertiary alicyclic amines) is 1. The fraction of sp³-hybridized carbons (Fsp3) is 0.567. The predicted molar refractivity (Wildman–Crippen MR) is 155 cm³/mol. The van der Waals surface area contributed by atoms with Crippen molar-refractivity contribution in [2.75, 3.05) is 6.54 Å². The van der Waals surface area contributed by atoms with E-state index in [0.29, 0.717) is 41.0 Å². The van der Waals surface area contributed by atoms with Crippen LogP contribution in [-0.2, 0) is 22.2 Å². The zero-order valence-corrected chi connectivity index (χ0v) is 25.4. The van der Waals surface area contributed by atoms with E-state index >= 15 is 0 Å². The molecule has 202 valence electrons. The van der Waals surface area contributed by atoms with Crippen molar-refractivity contribution >= 4 is 37.4 Å². The molecule has 1 heterocycles. The fourth-order valence-corrected chi connectivity index (χ4v) is 7.27. The molecule has 1 saturated heterocycles. The minimum Gasteiger partial charge on any atom is -0.489 e. The summed E-state index contributed by atoms with van der Waals surface area (Å²) >= 11 is 13.3. The Morgan fingerprint density at radius 1 is 0.973 bits per heavy atom. The minimum atomic E-state index is -1.77. The third-order valence-electron chi connectivity index (χ3n) is 8.52. The average Bonchev–Trinajstić information content (AvgIpc) is 3.20. The van der Waals surface area contributed by atoms with Gasteiger partial charge in [0, 0.05) is 34.7 Å². The molecule has 1 aliphatic carbocycles. The molecule has 37 heavy (non-hydrogen) atoms. The average molecular weight is 563 g/mol. The lowest BCUT2D eigenvalue weighted by molar-refractivity contribution is -0.133. The molecule has 0 aromatic heterocycles. The first-order valence-electron chi connectivity index (χ1n) is 13.6. The summed E-state index contributed by atoms with van der Waals surface area (Å²) in [4.78, 5) is 15.5. The van der Waals surface area contributed by atoms with Crippen LogP contribution in [0.25, 0.3) is 0 Å². The third kappa shape index (κ3) is 6.92. The number of carbonyl (C=O) groups is 1. The van der Waals surface area contributed by atoms with Crippen molar-refractivity contribution in [2.45, 2.75) is 96.2 Å². The van der Waals surface area contributed by atoms with Gasteiger partial charge in [0.2, 0.25) is 5.91 Å². The van der Waals surface area contributed by atoms with Crippen LogP contribution in [0, 0.1) is 5.92 Å². The van der Waals surface area contributed by atoms with E-state index in [1.165, 1.54) is 0 Å². The molecule has 2 fully saturated rings. The van der Waals surface area contributed by atoms with Crippen molar-refractivity contribution in [3.8, 4) is 5.75 Å². The Morgan fingerprint density at radius 2 is 1.59 bits per heavy atom. The topological polar surface area (TPSA) is 38.8 Å². The first-order chi connectivity index (χ1) is 17.4. The molecule has 1 aliphatic heterocycles.